The lowest BCUT2D eigenvalue weighted by atomic mass is 10.2. The van der Waals surface area contributed by atoms with Crippen molar-refractivity contribution < 1.29 is 49.1 Å². The fraction of sp³-hybridized carbons (Fsp3) is 0.500. The van der Waals surface area contributed by atoms with Gasteiger partial charge in [0.15, 0.2) is 5.78 Å². The topological polar surface area (TPSA) is 84.0 Å². The normalized spacial score (nSPS) is 17.5. The second kappa shape index (κ2) is 8.41. The first-order valence-corrected chi connectivity index (χ1v) is 9.78. The number of Topliss-reactive ketones (excluding diaryl/α,β-unsaturated/α-hetero) is 1. The van der Waals surface area contributed by atoms with E-state index >= 15 is 0 Å². The predicted octanol–water partition coefficient (Wildman–Crippen LogP) is 2.67. The van der Waals surface area contributed by atoms with Crippen LogP contribution in [0.25, 0.3) is 0 Å². The van der Waals surface area contributed by atoms with Crippen LogP contribution in [0, 0.1) is 0 Å². The molecule has 1 heterocycles. The smallest absolute Gasteiger partial charge is 0.428 e. The summed E-state index contributed by atoms with van der Waals surface area (Å²) in [5.74, 6) is -1.43. The highest BCUT2D eigenvalue weighted by atomic mass is 32.2. The average Bonchev–Trinajstić information content (AvgIpc) is 2.64. The molecule has 0 spiro atoms. The van der Waals surface area contributed by atoms with Gasteiger partial charge in [0.1, 0.15) is 0 Å². The third-order valence-electron chi connectivity index (χ3n) is 4.18. The predicted molar refractivity (Wildman–Crippen MR) is 88.8 cm³/mol. The van der Waals surface area contributed by atoms with E-state index in [9.17, 15) is 44.3 Å². The minimum atomic E-state index is -5.10. The van der Waals surface area contributed by atoms with Crippen molar-refractivity contribution in [2.75, 3.05) is 26.2 Å². The summed E-state index contributed by atoms with van der Waals surface area (Å²) >= 11 is 0. The summed E-state index contributed by atoms with van der Waals surface area (Å²) in [6.07, 6.45) is -14.3. The second-order valence-electron chi connectivity index (χ2n) is 6.33. The summed E-state index contributed by atoms with van der Waals surface area (Å²) in [7, 11) is -4.33. The van der Waals surface area contributed by atoms with E-state index in [0.717, 1.165) is 21.3 Å². The summed E-state index contributed by atoms with van der Waals surface area (Å²) in [5, 5.41) is 0. The lowest BCUT2D eigenvalue weighted by molar-refractivity contribution is -0.204. The van der Waals surface area contributed by atoms with Gasteiger partial charge < -0.3 is 9.64 Å². The van der Waals surface area contributed by atoms with Crippen LogP contribution in [-0.2, 0) is 25.7 Å². The number of amides is 1. The van der Waals surface area contributed by atoms with Gasteiger partial charge in [-0.05, 0) is 25.1 Å². The van der Waals surface area contributed by atoms with E-state index in [2.05, 4.69) is 4.74 Å². The molecular formula is C16H16F6N2O5S. The first-order valence-electron chi connectivity index (χ1n) is 8.34. The lowest BCUT2D eigenvalue weighted by Gasteiger charge is -2.34. The molecule has 1 unspecified atom stereocenters. The van der Waals surface area contributed by atoms with Gasteiger partial charge in [0.2, 0.25) is 10.0 Å². The number of ketones is 1. The van der Waals surface area contributed by atoms with Gasteiger partial charge in [-0.2, -0.15) is 30.6 Å². The van der Waals surface area contributed by atoms with Crippen molar-refractivity contribution in [3.63, 3.8) is 0 Å². The molecule has 14 heteroatoms. The molecule has 0 aliphatic carbocycles. The summed E-state index contributed by atoms with van der Waals surface area (Å²) in [5.41, 5.74) is -1.16. The maximum Gasteiger partial charge on any atom is 0.432 e. The molecule has 2 rings (SSSR count). The standard InChI is InChI=1S/C16H16F6N2O5S/c1-10(25)13(16(20,21)22)29-14(26)23-5-7-24(8-6-23)30(27,28)12-4-2-3-11(9-12)15(17,18)19/h2-4,9,13H,5-8H2,1H3. The summed E-state index contributed by atoms with van der Waals surface area (Å²) < 4.78 is 107. The monoisotopic (exact) mass is 462 g/mol. The molecule has 0 radical (unpaired) electrons. The molecular weight excluding hydrogens is 446 g/mol. The third kappa shape index (κ3) is 5.41. The first kappa shape index (κ1) is 23.9. The number of nitrogens with zero attached hydrogens (tertiary/aromatic N) is 2. The quantitative estimate of drug-likeness (QED) is 0.643. The molecule has 0 aromatic heterocycles. The van der Waals surface area contributed by atoms with Crippen LogP contribution in [0.1, 0.15) is 12.5 Å². The van der Waals surface area contributed by atoms with Crippen LogP contribution in [0.5, 0.6) is 0 Å². The van der Waals surface area contributed by atoms with E-state index in [1.54, 1.807) is 0 Å². The zero-order valence-electron chi connectivity index (χ0n) is 15.3. The van der Waals surface area contributed by atoms with Crippen LogP contribution in [0.3, 0.4) is 0 Å². The molecule has 7 nitrogen and oxygen atoms in total. The van der Waals surface area contributed by atoms with E-state index in [4.69, 9.17) is 0 Å². The molecule has 1 aromatic carbocycles. The number of carbonyl (C=O) groups excluding carboxylic acids is 2. The van der Waals surface area contributed by atoms with Crippen LogP contribution in [0.4, 0.5) is 31.1 Å². The van der Waals surface area contributed by atoms with Crippen LogP contribution in [0.15, 0.2) is 29.2 Å². The number of alkyl halides is 6. The van der Waals surface area contributed by atoms with Crippen LogP contribution in [0.2, 0.25) is 0 Å². The SMILES string of the molecule is CC(=O)C(OC(=O)N1CCN(S(=O)(=O)c2cccc(C(F)(F)F)c2)CC1)C(F)(F)F. The average molecular weight is 462 g/mol. The number of piperazine rings is 1. The van der Waals surface area contributed by atoms with Crippen LogP contribution in [-0.4, -0.2) is 68.0 Å². The minimum absolute atomic E-state index is 0.375. The van der Waals surface area contributed by atoms with Gasteiger partial charge in [0, 0.05) is 26.2 Å². The molecule has 0 saturated carbocycles. The van der Waals surface area contributed by atoms with Crippen molar-refractivity contribution in [2.24, 2.45) is 0 Å². The van der Waals surface area contributed by atoms with Crippen molar-refractivity contribution >= 4 is 21.9 Å². The summed E-state index contributed by atoms with van der Waals surface area (Å²) in [4.78, 5) is 23.1. The van der Waals surface area contributed by atoms with Crippen molar-refractivity contribution in [1.29, 1.82) is 0 Å². The molecule has 168 valence electrons. The maximum atomic E-state index is 12.8. The Labute approximate surface area is 167 Å². The molecule has 1 aromatic rings. The highest BCUT2D eigenvalue weighted by Gasteiger charge is 2.47. The number of hydrogen-bond acceptors (Lipinski definition) is 5. The highest BCUT2D eigenvalue weighted by molar-refractivity contribution is 7.89. The van der Waals surface area contributed by atoms with E-state index < -0.39 is 50.8 Å². The number of benzene rings is 1. The zero-order chi connectivity index (χ0) is 22.9. The Bertz CT molecular complexity index is 907. The Kier molecular flexibility index (Phi) is 6.71. The van der Waals surface area contributed by atoms with E-state index in [1.807, 2.05) is 0 Å². The first-order chi connectivity index (χ1) is 13.6. The number of hydrogen-bond donors (Lipinski definition) is 0. The number of rotatable bonds is 4. The Hall–Kier alpha value is -2.35. The number of carbonyl (C=O) groups is 2. The molecule has 1 saturated heterocycles. The second-order valence-corrected chi connectivity index (χ2v) is 8.27. The molecule has 0 bridgehead atoms. The van der Waals surface area contributed by atoms with Gasteiger partial charge in [-0.15, -0.1) is 0 Å². The molecule has 1 atom stereocenters. The van der Waals surface area contributed by atoms with Gasteiger partial charge in [0.25, 0.3) is 6.10 Å². The molecule has 0 N–H and O–H groups in total. The fourth-order valence-corrected chi connectivity index (χ4v) is 4.12. The maximum absolute atomic E-state index is 12.8. The Balaban J connectivity index is 2.08. The molecule has 1 aliphatic rings. The largest absolute Gasteiger partial charge is 0.432 e. The third-order valence-corrected chi connectivity index (χ3v) is 6.08. The Morgan fingerprint density at radius 3 is 2.07 bits per heavy atom. The van der Waals surface area contributed by atoms with E-state index in [0.29, 0.717) is 19.1 Å². The van der Waals surface area contributed by atoms with Crippen molar-refractivity contribution in [3.8, 4) is 0 Å². The molecule has 1 aliphatic heterocycles. The van der Waals surface area contributed by atoms with Gasteiger partial charge in [-0.25, -0.2) is 13.2 Å². The fourth-order valence-electron chi connectivity index (χ4n) is 2.65. The number of ether oxygens (including phenoxy) is 1. The molecule has 1 amide bonds. The van der Waals surface area contributed by atoms with E-state index in [1.165, 1.54) is 0 Å². The minimum Gasteiger partial charge on any atom is -0.428 e. The zero-order valence-corrected chi connectivity index (χ0v) is 16.1. The van der Waals surface area contributed by atoms with Crippen LogP contribution < -0.4 is 0 Å². The van der Waals surface area contributed by atoms with Crippen molar-refractivity contribution in [3.05, 3.63) is 29.8 Å². The summed E-state index contributed by atoms with van der Waals surface area (Å²) in [6, 6.07) is 3.09. The molecule has 1 fully saturated rings. The highest BCUT2D eigenvalue weighted by Crippen LogP contribution is 2.31. The van der Waals surface area contributed by atoms with Gasteiger partial charge in [0.05, 0.1) is 10.5 Å². The van der Waals surface area contributed by atoms with E-state index in [-0.39, 0.29) is 26.2 Å². The lowest BCUT2D eigenvalue weighted by Crippen LogP contribution is -2.52. The Morgan fingerprint density at radius 2 is 1.60 bits per heavy atom. The van der Waals surface area contributed by atoms with Gasteiger partial charge in [-0.1, -0.05) is 6.07 Å². The molecule has 30 heavy (non-hydrogen) atoms. The number of halogens is 6. The van der Waals surface area contributed by atoms with Crippen molar-refractivity contribution in [2.45, 2.75) is 30.3 Å². The van der Waals surface area contributed by atoms with Crippen molar-refractivity contribution in [1.82, 2.24) is 9.21 Å². The van der Waals surface area contributed by atoms with Gasteiger partial charge in [-0.3, -0.25) is 4.79 Å². The number of sulfonamides is 1. The van der Waals surface area contributed by atoms with Gasteiger partial charge >= 0.3 is 18.4 Å². The summed E-state index contributed by atoms with van der Waals surface area (Å²) in [6.45, 7) is -0.918. The van der Waals surface area contributed by atoms with Crippen LogP contribution >= 0.6 is 0 Å². The Morgan fingerprint density at radius 1 is 1.03 bits per heavy atom.